The summed E-state index contributed by atoms with van der Waals surface area (Å²) in [7, 11) is -3.42. The van der Waals surface area contributed by atoms with Crippen LogP contribution in [0, 0.1) is 13.8 Å². The number of benzene rings is 2. The molecule has 0 unspecified atom stereocenters. The molecular formula is C19H24N2O2S. The lowest BCUT2D eigenvalue weighted by atomic mass is 10.1. The van der Waals surface area contributed by atoms with Crippen molar-refractivity contribution in [2.45, 2.75) is 32.6 Å². The first kappa shape index (κ1) is 18.4. The molecule has 0 aromatic heterocycles. The van der Waals surface area contributed by atoms with Gasteiger partial charge in [0.05, 0.1) is 10.6 Å². The molecule has 0 spiro atoms. The van der Waals surface area contributed by atoms with Crippen molar-refractivity contribution in [2.75, 3.05) is 13.1 Å². The Kier molecular flexibility index (Phi) is 5.91. The highest BCUT2D eigenvalue weighted by Crippen LogP contribution is 2.20. The van der Waals surface area contributed by atoms with Gasteiger partial charge >= 0.3 is 0 Å². The molecule has 0 radical (unpaired) electrons. The van der Waals surface area contributed by atoms with Crippen LogP contribution in [0.2, 0.25) is 0 Å². The summed E-state index contributed by atoms with van der Waals surface area (Å²) in [5.41, 5.74) is 4.14. The van der Waals surface area contributed by atoms with Crippen LogP contribution in [0.4, 0.5) is 5.69 Å². The molecule has 2 aromatic carbocycles. The lowest BCUT2D eigenvalue weighted by Gasteiger charge is -2.18. The van der Waals surface area contributed by atoms with E-state index < -0.39 is 10.0 Å². The molecule has 0 fully saturated rings. The molecule has 0 bridgehead atoms. The van der Waals surface area contributed by atoms with E-state index in [0.717, 1.165) is 16.8 Å². The second-order valence-electron chi connectivity index (χ2n) is 5.70. The van der Waals surface area contributed by atoms with Crippen LogP contribution in [0.3, 0.4) is 0 Å². The average Bonchev–Trinajstić information content (AvgIpc) is 2.57. The lowest BCUT2D eigenvalue weighted by Crippen LogP contribution is -2.30. The number of aliphatic imine (C=N–C) groups is 1. The highest BCUT2D eigenvalue weighted by molar-refractivity contribution is 7.89. The number of hydrogen-bond acceptors (Lipinski definition) is 3. The summed E-state index contributed by atoms with van der Waals surface area (Å²) < 4.78 is 26.4. The Morgan fingerprint density at radius 2 is 1.62 bits per heavy atom. The van der Waals surface area contributed by atoms with E-state index in [2.05, 4.69) is 23.2 Å². The van der Waals surface area contributed by atoms with Gasteiger partial charge in [0.25, 0.3) is 0 Å². The predicted molar refractivity (Wildman–Crippen MR) is 99.7 cm³/mol. The first-order valence-corrected chi connectivity index (χ1v) is 9.54. The van der Waals surface area contributed by atoms with E-state index in [9.17, 15) is 8.42 Å². The number of sulfonamides is 1. The van der Waals surface area contributed by atoms with Gasteiger partial charge in [-0.05, 0) is 49.2 Å². The van der Waals surface area contributed by atoms with Crippen LogP contribution >= 0.6 is 0 Å². The number of nitrogens with zero attached hydrogens (tertiary/aromatic N) is 2. The van der Waals surface area contributed by atoms with Crippen LogP contribution in [0.25, 0.3) is 0 Å². The molecule has 0 heterocycles. The van der Waals surface area contributed by atoms with E-state index in [1.165, 1.54) is 9.87 Å². The molecule has 0 N–H and O–H groups in total. The molecule has 24 heavy (non-hydrogen) atoms. The van der Waals surface area contributed by atoms with E-state index >= 15 is 0 Å². The van der Waals surface area contributed by atoms with E-state index in [4.69, 9.17) is 0 Å². The number of aryl methyl sites for hydroxylation is 2. The summed E-state index contributed by atoms with van der Waals surface area (Å²) in [6.45, 7) is 8.69. The Labute approximate surface area is 144 Å². The zero-order valence-electron chi connectivity index (χ0n) is 14.7. The van der Waals surface area contributed by atoms with E-state index in [1.54, 1.807) is 24.3 Å². The van der Waals surface area contributed by atoms with Crippen LogP contribution in [-0.4, -0.2) is 32.0 Å². The van der Waals surface area contributed by atoms with Gasteiger partial charge < -0.3 is 0 Å². The van der Waals surface area contributed by atoms with Gasteiger partial charge in [0.2, 0.25) is 10.0 Å². The first-order valence-electron chi connectivity index (χ1n) is 8.10. The first-order chi connectivity index (χ1) is 11.4. The van der Waals surface area contributed by atoms with Gasteiger partial charge in [0, 0.05) is 19.3 Å². The molecular weight excluding hydrogens is 320 g/mol. The minimum atomic E-state index is -3.42. The molecule has 0 amide bonds. The molecule has 5 heteroatoms. The number of rotatable bonds is 6. The molecule has 0 aliphatic rings. The molecule has 0 saturated carbocycles. The third-order valence-corrected chi connectivity index (χ3v) is 6.03. The predicted octanol–water partition coefficient (Wildman–Crippen LogP) is 4.08. The highest BCUT2D eigenvalue weighted by atomic mass is 32.2. The molecule has 128 valence electrons. The van der Waals surface area contributed by atoms with Crippen LogP contribution in [0.15, 0.2) is 52.4 Å². The number of hydrogen-bond donors (Lipinski definition) is 0. The third kappa shape index (κ3) is 4.10. The minimum absolute atomic E-state index is 0.303. The van der Waals surface area contributed by atoms with Gasteiger partial charge in [-0.3, -0.25) is 4.99 Å². The molecule has 0 atom stereocenters. The second kappa shape index (κ2) is 7.73. The van der Waals surface area contributed by atoms with E-state index in [0.29, 0.717) is 18.0 Å². The summed E-state index contributed by atoms with van der Waals surface area (Å²) >= 11 is 0. The fraction of sp³-hybridized carbons (Fsp3) is 0.316. The topological polar surface area (TPSA) is 49.7 Å². The fourth-order valence-electron chi connectivity index (χ4n) is 2.46. The van der Waals surface area contributed by atoms with Crippen LogP contribution < -0.4 is 0 Å². The quantitative estimate of drug-likeness (QED) is 0.741. The molecule has 0 aliphatic carbocycles. The monoisotopic (exact) mass is 344 g/mol. The van der Waals surface area contributed by atoms with Crippen molar-refractivity contribution in [3.8, 4) is 0 Å². The lowest BCUT2D eigenvalue weighted by molar-refractivity contribution is 0.445. The Morgan fingerprint density at radius 1 is 1.00 bits per heavy atom. The standard InChI is InChI=1S/C19H24N2O2S/c1-5-21(6-2)24(22,23)19-11-9-18(10-12-19)20-14-17-13-15(3)7-8-16(17)4/h7-14H,5-6H2,1-4H3. The largest absolute Gasteiger partial charge is 0.256 e. The zero-order valence-corrected chi connectivity index (χ0v) is 15.5. The van der Waals surface area contributed by atoms with Gasteiger partial charge in [0.15, 0.2) is 0 Å². The van der Waals surface area contributed by atoms with Crippen LogP contribution in [-0.2, 0) is 10.0 Å². The van der Waals surface area contributed by atoms with Crippen molar-refractivity contribution >= 4 is 21.9 Å². The van der Waals surface area contributed by atoms with Crippen molar-refractivity contribution in [1.29, 1.82) is 0 Å². The van der Waals surface area contributed by atoms with Crippen molar-refractivity contribution in [2.24, 2.45) is 4.99 Å². The maximum Gasteiger partial charge on any atom is 0.243 e. The summed E-state index contributed by atoms with van der Waals surface area (Å²) in [6, 6.07) is 12.9. The normalized spacial score (nSPS) is 12.2. The molecule has 0 saturated heterocycles. The molecule has 2 rings (SSSR count). The van der Waals surface area contributed by atoms with Gasteiger partial charge in [0.1, 0.15) is 0 Å². The van der Waals surface area contributed by atoms with Gasteiger partial charge in [-0.25, -0.2) is 8.42 Å². The van der Waals surface area contributed by atoms with Crippen molar-refractivity contribution in [1.82, 2.24) is 4.31 Å². The summed E-state index contributed by atoms with van der Waals surface area (Å²) in [4.78, 5) is 4.76. The average molecular weight is 344 g/mol. The van der Waals surface area contributed by atoms with E-state index in [-0.39, 0.29) is 0 Å². The third-order valence-electron chi connectivity index (χ3n) is 3.97. The van der Waals surface area contributed by atoms with Crippen molar-refractivity contribution in [3.63, 3.8) is 0 Å². The highest BCUT2D eigenvalue weighted by Gasteiger charge is 2.20. The van der Waals surface area contributed by atoms with Crippen molar-refractivity contribution < 1.29 is 8.42 Å². The Hall–Kier alpha value is -1.98. The molecule has 2 aromatic rings. The SMILES string of the molecule is CCN(CC)S(=O)(=O)c1ccc(N=Cc2cc(C)ccc2C)cc1. The maximum atomic E-state index is 12.5. The fourth-order valence-corrected chi connectivity index (χ4v) is 3.92. The molecule has 0 aliphatic heterocycles. The summed E-state index contributed by atoms with van der Waals surface area (Å²) in [5, 5.41) is 0. The Balaban J connectivity index is 2.24. The smallest absolute Gasteiger partial charge is 0.243 e. The van der Waals surface area contributed by atoms with Crippen LogP contribution in [0.5, 0.6) is 0 Å². The van der Waals surface area contributed by atoms with Crippen molar-refractivity contribution in [3.05, 3.63) is 59.2 Å². The Morgan fingerprint density at radius 3 is 2.21 bits per heavy atom. The minimum Gasteiger partial charge on any atom is -0.256 e. The van der Waals surface area contributed by atoms with E-state index in [1.807, 2.05) is 33.9 Å². The van der Waals surface area contributed by atoms with Gasteiger partial charge in [-0.1, -0.05) is 37.6 Å². The summed E-state index contributed by atoms with van der Waals surface area (Å²) in [5.74, 6) is 0. The maximum absolute atomic E-state index is 12.5. The van der Waals surface area contributed by atoms with Crippen LogP contribution in [0.1, 0.15) is 30.5 Å². The molecule has 4 nitrogen and oxygen atoms in total. The van der Waals surface area contributed by atoms with Gasteiger partial charge in [-0.2, -0.15) is 4.31 Å². The second-order valence-corrected chi connectivity index (χ2v) is 7.64. The Bertz CT molecular complexity index is 821. The van der Waals surface area contributed by atoms with Gasteiger partial charge in [-0.15, -0.1) is 0 Å². The summed E-state index contributed by atoms with van der Waals surface area (Å²) in [6.07, 6.45) is 1.82. The zero-order chi connectivity index (χ0) is 17.7.